The smallest absolute Gasteiger partial charge is 0.245 e. The molecule has 4 aromatic rings. The van der Waals surface area contributed by atoms with Gasteiger partial charge >= 0.3 is 0 Å². The second kappa shape index (κ2) is 29.2. The number of aromatic nitrogens is 2. The second-order valence-electron chi connectivity index (χ2n) is 23.9. The molecule has 0 bridgehead atoms. The molecule has 16 heteroatoms. The molecule has 4 unspecified atom stereocenters. The van der Waals surface area contributed by atoms with Gasteiger partial charge in [-0.05, 0) is 139 Å². The molecule has 0 aliphatic rings. The summed E-state index contributed by atoms with van der Waals surface area (Å²) < 4.78 is 31.4. The Morgan fingerprint density at radius 1 is 0.731 bits per heavy atom. The van der Waals surface area contributed by atoms with Crippen LogP contribution < -0.4 is 10.6 Å². The number of benzene rings is 2. The number of carbonyl (C=O) groups is 5. The average molecular weight is 1110 g/mol. The number of nitrogens with one attached hydrogen (secondary N) is 3. The van der Waals surface area contributed by atoms with Gasteiger partial charge in [-0.1, -0.05) is 103 Å². The molecule has 6 atom stereocenters. The Balaban J connectivity index is 0.000000519. The van der Waals surface area contributed by atoms with E-state index in [4.69, 9.17) is 0 Å². The van der Waals surface area contributed by atoms with E-state index in [-0.39, 0.29) is 84.0 Å². The minimum atomic E-state index is -0.802. The summed E-state index contributed by atoms with van der Waals surface area (Å²) in [5, 5.41) is 7.77. The van der Waals surface area contributed by atoms with E-state index in [1.807, 2.05) is 80.2 Å². The Kier molecular flexibility index (Phi) is 25.1. The molecular weight excluding hydrogens is 1010 g/mol. The lowest BCUT2D eigenvalue weighted by Gasteiger charge is -2.36. The van der Waals surface area contributed by atoms with Gasteiger partial charge in [-0.2, -0.15) is 0 Å². The highest BCUT2D eigenvalue weighted by Gasteiger charge is 2.36. The molecule has 3 N–H and O–H groups in total. The Morgan fingerprint density at radius 3 is 1.77 bits per heavy atom. The summed E-state index contributed by atoms with van der Waals surface area (Å²) in [6.45, 7) is 42.9. The zero-order valence-corrected chi connectivity index (χ0v) is 52.3. The number of aryl methyl sites for hydroxylation is 2. The molecule has 0 saturated carbocycles. The van der Waals surface area contributed by atoms with Gasteiger partial charge in [-0.25, -0.2) is 8.78 Å². The van der Waals surface area contributed by atoms with Crippen LogP contribution in [0.1, 0.15) is 161 Å². The number of fused-ring (bicyclic) bond motifs is 2. The Hall–Kier alpha value is -5.30. The van der Waals surface area contributed by atoms with E-state index in [1.165, 1.54) is 23.1 Å². The zero-order chi connectivity index (χ0) is 59.3. The summed E-state index contributed by atoms with van der Waals surface area (Å²) in [4.78, 5) is 77.0. The van der Waals surface area contributed by atoms with E-state index < -0.39 is 18.1 Å². The molecule has 4 rings (SSSR count). The Labute approximate surface area is 469 Å². The summed E-state index contributed by atoms with van der Waals surface area (Å²) >= 11 is 0. The van der Waals surface area contributed by atoms with Crippen LogP contribution in [0.15, 0.2) is 48.7 Å². The first-order valence-corrected chi connectivity index (χ1v) is 29.6. The van der Waals surface area contributed by atoms with Crippen molar-refractivity contribution in [3.63, 3.8) is 0 Å². The van der Waals surface area contributed by atoms with Gasteiger partial charge in [0.05, 0.1) is 22.9 Å². The van der Waals surface area contributed by atoms with Crippen LogP contribution in [0.2, 0.25) is 0 Å². The van der Waals surface area contributed by atoms with Gasteiger partial charge in [-0.15, -0.1) is 0 Å². The lowest BCUT2D eigenvalue weighted by Crippen LogP contribution is -2.57. The van der Waals surface area contributed by atoms with Crippen LogP contribution in [0, 0.1) is 28.9 Å². The number of hydrogen-bond donors (Lipinski definition) is 3. The maximum absolute atomic E-state index is 14.8. The number of carbonyl (C=O) groups excluding carboxylic acids is 5. The van der Waals surface area contributed by atoms with Crippen LogP contribution in [-0.4, -0.2) is 128 Å². The SMILES string of the molecule is C=C(C(NC(=O)[C@H](C)N(C)C(=O)CC(C)(C)C)C(C)C)N(CC)CCC.CCCC(Cc1c(-c2[nH]c3cc(F)ccc3c2CC)n(CC)c2cc(F)ccc12)N(CC)C(=O)C(NC(=O)[C@H](C)N(C)C(=O)PC(C)(C)C)C(C)C. The Morgan fingerprint density at radius 2 is 1.28 bits per heavy atom. The molecule has 436 valence electrons. The van der Waals surface area contributed by atoms with Crippen LogP contribution in [-0.2, 0) is 38.6 Å². The molecule has 2 heterocycles. The van der Waals surface area contributed by atoms with Crippen molar-refractivity contribution in [1.82, 2.24) is 39.8 Å². The third-order valence-corrected chi connectivity index (χ3v) is 16.0. The van der Waals surface area contributed by atoms with E-state index in [0.717, 1.165) is 70.4 Å². The largest absolute Gasteiger partial charge is 0.374 e. The van der Waals surface area contributed by atoms with Crippen molar-refractivity contribution in [3.8, 4) is 11.4 Å². The summed E-state index contributed by atoms with van der Waals surface area (Å²) in [5.41, 5.74) is 6.01. The highest BCUT2D eigenvalue weighted by Crippen LogP contribution is 2.40. The lowest BCUT2D eigenvalue weighted by molar-refractivity contribution is -0.140. The van der Waals surface area contributed by atoms with Crippen LogP contribution in [0.3, 0.4) is 0 Å². The number of halogens is 2. The summed E-state index contributed by atoms with van der Waals surface area (Å²) in [6, 6.07) is 7.20. The minimum absolute atomic E-state index is 0.0127. The first-order valence-electron chi connectivity index (χ1n) is 28.6. The van der Waals surface area contributed by atoms with Gasteiger partial charge in [0.15, 0.2) is 0 Å². The van der Waals surface area contributed by atoms with Crippen molar-refractivity contribution in [1.29, 1.82) is 0 Å². The molecule has 78 heavy (non-hydrogen) atoms. The minimum Gasteiger partial charge on any atom is -0.374 e. The average Bonchev–Trinajstić information content (AvgIpc) is 3.89. The summed E-state index contributed by atoms with van der Waals surface area (Å²) in [6.07, 6.45) is 4.16. The number of H-pyrrole nitrogens is 1. The van der Waals surface area contributed by atoms with E-state index in [9.17, 15) is 32.8 Å². The predicted molar refractivity (Wildman–Crippen MR) is 321 cm³/mol. The van der Waals surface area contributed by atoms with Gasteiger partial charge in [-0.3, -0.25) is 24.0 Å². The molecule has 0 saturated heterocycles. The standard InChI is InChI=1S/C41H58F2N5O3P.C21H41N3O2/c1-12-16-28(47(14-3)39(50)35(24(5)6)45-38(49)25(7)46(11)40(51)52-41(8,9)10)23-32-31-20-18-27(43)22-34(31)48(15-4)37(32)36-29(13-2)30-19-17-26(42)21-33(30)44-36;1-11-13-24(12-2)16(5)19(15(3)4)22-20(26)17(6)23(10)18(25)14-21(7,8)9/h17-22,24-25,28,35,44,52H,12-16,23H2,1-11H3,(H,45,49);15,17,19H,5,11-14H2,1-4,6-10H3,(H,22,26)/t25-,28?,35?;17-,19?/m00/s1. The lowest BCUT2D eigenvalue weighted by atomic mass is 9.91. The van der Waals surface area contributed by atoms with Crippen LogP contribution in [0.5, 0.6) is 0 Å². The fraction of sp³-hybridized carbons (Fsp3) is 0.629. The molecule has 2 aromatic heterocycles. The molecule has 0 fully saturated rings. The van der Waals surface area contributed by atoms with E-state index in [1.54, 1.807) is 45.0 Å². The highest BCUT2D eigenvalue weighted by molar-refractivity contribution is 7.59. The van der Waals surface area contributed by atoms with E-state index >= 15 is 0 Å². The molecule has 0 spiro atoms. The van der Waals surface area contributed by atoms with Crippen molar-refractivity contribution >= 4 is 59.7 Å². The number of likely N-dealkylation sites (N-methyl/N-ethyl adjacent to an activating group) is 4. The van der Waals surface area contributed by atoms with Crippen molar-refractivity contribution < 1.29 is 32.8 Å². The van der Waals surface area contributed by atoms with E-state index in [2.05, 4.69) is 73.2 Å². The third-order valence-electron chi connectivity index (χ3n) is 14.7. The first kappa shape index (κ1) is 67.0. The van der Waals surface area contributed by atoms with Crippen LogP contribution in [0.4, 0.5) is 13.6 Å². The maximum Gasteiger partial charge on any atom is 0.245 e. The van der Waals surface area contributed by atoms with Crippen LogP contribution in [0.25, 0.3) is 33.2 Å². The topological polar surface area (TPSA) is 143 Å². The molecule has 0 radical (unpaired) electrons. The molecule has 5 amide bonds. The number of amides is 5. The van der Waals surface area contributed by atoms with Crippen molar-refractivity contribution in [3.05, 3.63) is 71.4 Å². The number of hydrogen-bond acceptors (Lipinski definition) is 6. The van der Waals surface area contributed by atoms with Crippen molar-refractivity contribution in [2.24, 2.45) is 17.3 Å². The first-order chi connectivity index (χ1) is 36.3. The number of aromatic amines is 1. The molecule has 0 aliphatic heterocycles. The Bertz CT molecular complexity index is 2680. The second-order valence-corrected chi connectivity index (χ2v) is 26.1. The summed E-state index contributed by atoms with van der Waals surface area (Å²) in [7, 11) is 3.35. The number of rotatable bonds is 25. The molecule has 13 nitrogen and oxygen atoms in total. The normalized spacial score (nSPS) is 14.0. The van der Waals surface area contributed by atoms with Gasteiger partial charge < -0.3 is 39.8 Å². The highest BCUT2D eigenvalue weighted by atomic mass is 31.1. The predicted octanol–water partition coefficient (Wildman–Crippen LogP) is 12.9. The molecule has 2 aromatic carbocycles. The van der Waals surface area contributed by atoms with Crippen LogP contribution >= 0.6 is 8.58 Å². The number of nitrogens with zero attached hydrogens (tertiary/aromatic N) is 5. The maximum atomic E-state index is 14.8. The van der Waals surface area contributed by atoms with Gasteiger partial charge in [0, 0.05) is 74.7 Å². The van der Waals surface area contributed by atoms with E-state index in [0.29, 0.717) is 44.3 Å². The van der Waals surface area contributed by atoms with Crippen molar-refractivity contribution in [2.45, 2.75) is 205 Å². The third kappa shape index (κ3) is 17.3. The fourth-order valence-electron chi connectivity index (χ4n) is 10.1. The van der Waals surface area contributed by atoms with Gasteiger partial charge in [0.25, 0.3) is 0 Å². The quantitative estimate of drug-likeness (QED) is 0.0564. The summed E-state index contributed by atoms with van der Waals surface area (Å²) in [5.74, 6) is -1.35. The monoisotopic (exact) mass is 1100 g/mol. The zero-order valence-electron chi connectivity index (χ0n) is 51.3. The van der Waals surface area contributed by atoms with Gasteiger partial charge in [0.1, 0.15) is 29.8 Å². The molecule has 0 aliphatic carbocycles. The van der Waals surface area contributed by atoms with Gasteiger partial charge in [0.2, 0.25) is 29.3 Å². The fourth-order valence-corrected chi connectivity index (χ4v) is 11.1. The molecular formula is C62H99F2N8O5P. The van der Waals surface area contributed by atoms with Crippen molar-refractivity contribution in [2.75, 3.05) is 33.7 Å².